The van der Waals surface area contributed by atoms with Crippen molar-refractivity contribution in [3.8, 4) is 5.69 Å². The molecule has 3 aromatic rings. The van der Waals surface area contributed by atoms with Gasteiger partial charge in [-0.25, -0.2) is 9.48 Å². The first-order valence-electron chi connectivity index (χ1n) is 8.37. The highest BCUT2D eigenvalue weighted by Crippen LogP contribution is 2.23. The van der Waals surface area contributed by atoms with Crippen molar-refractivity contribution < 1.29 is 19.1 Å². The minimum Gasteiger partial charge on any atom is -0.449 e. The van der Waals surface area contributed by atoms with Crippen LogP contribution in [0.2, 0.25) is 0 Å². The molecule has 2 heterocycles. The number of hydrogen-bond donors (Lipinski definition) is 2. The molecule has 1 atom stereocenters. The third kappa shape index (κ3) is 4.09. The fourth-order valence-corrected chi connectivity index (χ4v) is 3.27. The Hall–Kier alpha value is -3.46. The summed E-state index contributed by atoms with van der Waals surface area (Å²) in [5.74, 6) is -1.83. The second-order valence-corrected chi connectivity index (χ2v) is 6.91. The number of nitrogens with two attached hydrogens (primary N) is 1. The number of aromatic nitrogens is 2. The first kappa shape index (κ1) is 19.3. The highest BCUT2D eigenvalue weighted by molar-refractivity contribution is 7.14. The van der Waals surface area contributed by atoms with Crippen LogP contribution >= 0.6 is 11.3 Å². The topological polar surface area (TPSA) is 116 Å². The van der Waals surface area contributed by atoms with Crippen molar-refractivity contribution >= 4 is 34.1 Å². The molecule has 0 aliphatic heterocycles. The van der Waals surface area contributed by atoms with Gasteiger partial charge in [0, 0.05) is 11.9 Å². The normalized spacial score (nSPS) is 11.6. The summed E-state index contributed by atoms with van der Waals surface area (Å²) < 4.78 is 6.96. The Morgan fingerprint density at radius 3 is 2.50 bits per heavy atom. The molecular weight excluding hydrogens is 380 g/mol. The smallest absolute Gasteiger partial charge is 0.338 e. The summed E-state index contributed by atoms with van der Waals surface area (Å²) >= 11 is 1.16. The number of benzene rings is 1. The van der Waals surface area contributed by atoms with Crippen LogP contribution in [0, 0.1) is 6.92 Å². The number of primary amides is 1. The van der Waals surface area contributed by atoms with E-state index in [1.54, 1.807) is 40.5 Å². The summed E-state index contributed by atoms with van der Waals surface area (Å²) in [6.45, 7) is 3.37. The second-order valence-electron chi connectivity index (χ2n) is 6.00. The van der Waals surface area contributed by atoms with Gasteiger partial charge in [-0.3, -0.25) is 9.59 Å². The Morgan fingerprint density at radius 2 is 1.89 bits per heavy atom. The van der Waals surface area contributed by atoms with Crippen molar-refractivity contribution in [1.82, 2.24) is 9.78 Å². The Kier molecular flexibility index (Phi) is 5.55. The predicted octanol–water partition coefficient (Wildman–Crippen LogP) is 2.53. The minimum absolute atomic E-state index is 0.210. The number of carbonyl (C=O) groups excluding carboxylic acids is 3. The van der Waals surface area contributed by atoms with Gasteiger partial charge < -0.3 is 15.8 Å². The number of anilines is 1. The molecule has 0 bridgehead atoms. The third-order valence-electron chi connectivity index (χ3n) is 4.00. The monoisotopic (exact) mass is 398 g/mol. The molecule has 3 N–H and O–H groups in total. The molecule has 144 valence electrons. The molecule has 0 aliphatic rings. The molecule has 0 aliphatic carbocycles. The van der Waals surface area contributed by atoms with E-state index in [1.165, 1.54) is 13.0 Å². The van der Waals surface area contributed by atoms with Crippen LogP contribution in [0.15, 0.2) is 48.0 Å². The van der Waals surface area contributed by atoms with Crippen LogP contribution in [0.4, 0.5) is 5.00 Å². The van der Waals surface area contributed by atoms with Crippen molar-refractivity contribution in [2.24, 2.45) is 5.73 Å². The van der Waals surface area contributed by atoms with Gasteiger partial charge in [-0.1, -0.05) is 0 Å². The van der Waals surface area contributed by atoms with Gasteiger partial charge in [0.25, 0.3) is 11.8 Å². The summed E-state index contributed by atoms with van der Waals surface area (Å²) in [6, 6.07) is 10.1. The molecule has 0 unspecified atom stereocenters. The lowest BCUT2D eigenvalue weighted by atomic mass is 10.2. The molecule has 0 saturated heterocycles. The number of rotatable bonds is 6. The molecule has 2 aromatic heterocycles. The Morgan fingerprint density at radius 1 is 1.18 bits per heavy atom. The largest absolute Gasteiger partial charge is 0.449 e. The van der Waals surface area contributed by atoms with Crippen molar-refractivity contribution in [3.05, 3.63) is 64.8 Å². The molecule has 0 radical (unpaired) electrons. The molecular formula is C19H18N4O4S. The zero-order chi connectivity index (χ0) is 20.3. The van der Waals surface area contributed by atoms with Crippen LogP contribution in [0.5, 0.6) is 0 Å². The van der Waals surface area contributed by atoms with Crippen LogP contribution in [-0.4, -0.2) is 33.7 Å². The zero-order valence-electron chi connectivity index (χ0n) is 15.2. The standard InChI is InChI=1S/C19H18N4O4S/c1-11-7-9-21-23(11)14-5-3-13(4-6-14)19(26)27-12(2)17(25)22-18-15(16(20)24)8-10-28-18/h3-10,12H,1-2H3,(H2,20,24)(H,22,25)/t12-/m1/s1. The van der Waals surface area contributed by atoms with Crippen LogP contribution in [-0.2, 0) is 9.53 Å². The van der Waals surface area contributed by atoms with E-state index in [0.29, 0.717) is 10.6 Å². The molecule has 1 aromatic carbocycles. The van der Waals surface area contributed by atoms with Gasteiger partial charge in [-0.05, 0) is 55.6 Å². The minimum atomic E-state index is -1.05. The maximum atomic E-state index is 12.3. The van der Waals surface area contributed by atoms with Crippen LogP contribution in [0.1, 0.15) is 33.3 Å². The number of nitrogens with one attached hydrogen (secondary N) is 1. The predicted molar refractivity (Wildman–Crippen MR) is 105 cm³/mol. The average Bonchev–Trinajstić information content (AvgIpc) is 3.30. The van der Waals surface area contributed by atoms with E-state index in [4.69, 9.17) is 10.5 Å². The summed E-state index contributed by atoms with van der Waals surface area (Å²) in [5, 5.41) is 8.71. The number of hydrogen-bond acceptors (Lipinski definition) is 6. The molecule has 28 heavy (non-hydrogen) atoms. The molecule has 3 rings (SSSR count). The molecule has 8 nitrogen and oxygen atoms in total. The second kappa shape index (κ2) is 8.05. The van der Waals surface area contributed by atoms with E-state index in [0.717, 1.165) is 22.7 Å². The maximum absolute atomic E-state index is 12.3. The van der Waals surface area contributed by atoms with E-state index in [2.05, 4.69) is 10.4 Å². The quantitative estimate of drug-likeness (QED) is 0.619. The Balaban J connectivity index is 1.63. The van der Waals surface area contributed by atoms with Gasteiger partial charge in [0.1, 0.15) is 5.00 Å². The lowest BCUT2D eigenvalue weighted by Gasteiger charge is -2.13. The number of aryl methyl sites for hydroxylation is 1. The third-order valence-corrected chi connectivity index (χ3v) is 4.83. The lowest BCUT2D eigenvalue weighted by Crippen LogP contribution is -2.30. The van der Waals surface area contributed by atoms with Crippen molar-refractivity contribution in [1.29, 1.82) is 0 Å². The van der Waals surface area contributed by atoms with Gasteiger partial charge in [-0.15, -0.1) is 11.3 Å². The van der Waals surface area contributed by atoms with Gasteiger partial charge in [0.2, 0.25) is 0 Å². The van der Waals surface area contributed by atoms with Gasteiger partial charge in [0.15, 0.2) is 6.10 Å². The van der Waals surface area contributed by atoms with E-state index in [-0.39, 0.29) is 5.56 Å². The van der Waals surface area contributed by atoms with Crippen molar-refractivity contribution in [2.75, 3.05) is 5.32 Å². The van der Waals surface area contributed by atoms with Crippen LogP contribution in [0.3, 0.4) is 0 Å². The number of esters is 1. The van der Waals surface area contributed by atoms with E-state index in [9.17, 15) is 14.4 Å². The summed E-state index contributed by atoms with van der Waals surface area (Å²) in [6.07, 6.45) is 0.637. The fourth-order valence-electron chi connectivity index (χ4n) is 2.47. The lowest BCUT2D eigenvalue weighted by molar-refractivity contribution is -0.123. The van der Waals surface area contributed by atoms with Gasteiger partial charge in [0.05, 0.1) is 16.8 Å². The highest BCUT2D eigenvalue weighted by Gasteiger charge is 2.21. The zero-order valence-corrected chi connectivity index (χ0v) is 16.0. The molecule has 0 fully saturated rings. The number of nitrogens with zero attached hydrogens (tertiary/aromatic N) is 2. The van der Waals surface area contributed by atoms with E-state index in [1.807, 2.05) is 13.0 Å². The number of ether oxygens (including phenoxy) is 1. The van der Waals surface area contributed by atoms with Crippen LogP contribution in [0.25, 0.3) is 5.69 Å². The Bertz CT molecular complexity index is 1020. The molecule has 9 heteroatoms. The van der Waals surface area contributed by atoms with Crippen LogP contribution < -0.4 is 11.1 Å². The summed E-state index contributed by atoms with van der Waals surface area (Å²) in [5.41, 5.74) is 7.54. The fraction of sp³-hybridized carbons (Fsp3) is 0.158. The Labute approximate surface area is 164 Å². The van der Waals surface area contributed by atoms with E-state index < -0.39 is 23.9 Å². The summed E-state index contributed by atoms with van der Waals surface area (Å²) in [7, 11) is 0. The van der Waals surface area contributed by atoms with Gasteiger partial charge >= 0.3 is 5.97 Å². The summed E-state index contributed by atoms with van der Waals surface area (Å²) in [4.78, 5) is 35.9. The van der Waals surface area contributed by atoms with Crippen molar-refractivity contribution in [3.63, 3.8) is 0 Å². The number of amides is 2. The first-order chi connectivity index (χ1) is 13.4. The molecule has 0 saturated carbocycles. The first-order valence-corrected chi connectivity index (χ1v) is 9.25. The molecule has 0 spiro atoms. The van der Waals surface area contributed by atoms with E-state index >= 15 is 0 Å². The van der Waals surface area contributed by atoms with Gasteiger partial charge in [-0.2, -0.15) is 5.10 Å². The maximum Gasteiger partial charge on any atom is 0.338 e. The van der Waals surface area contributed by atoms with Crippen molar-refractivity contribution in [2.45, 2.75) is 20.0 Å². The number of thiophene rings is 1. The SMILES string of the molecule is Cc1ccnn1-c1ccc(C(=O)O[C@H](C)C(=O)Nc2sccc2C(N)=O)cc1. The number of carbonyl (C=O) groups is 3. The average molecular weight is 398 g/mol. The highest BCUT2D eigenvalue weighted by atomic mass is 32.1. The molecule has 2 amide bonds.